The van der Waals surface area contributed by atoms with Crippen molar-refractivity contribution in [3.8, 4) is 17.4 Å². The molecule has 0 aliphatic carbocycles. The number of nitrogens with zero attached hydrogens (tertiary/aromatic N) is 1. The third kappa shape index (κ3) is 3.67. The first-order valence-corrected chi connectivity index (χ1v) is 7.48. The molecule has 0 unspecified atom stereocenters. The van der Waals surface area contributed by atoms with Crippen LogP contribution in [0.2, 0.25) is 5.02 Å². The maximum atomic E-state index is 11.5. The van der Waals surface area contributed by atoms with Crippen LogP contribution in [0.25, 0.3) is 0 Å². The zero-order valence-electron chi connectivity index (χ0n) is 12.5. The topological polar surface area (TPSA) is 90.2 Å². The van der Waals surface area contributed by atoms with Crippen LogP contribution in [0, 0.1) is 0 Å². The second-order valence-electron chi connectivity index (χ2n) is 4.92. The normalized spacial score (nSPS) is 10.4. The first-order chi connectivity index (χ1) is 11.6. The standard InChI is InChI=1S/C17H14ClN3O3/c18-13-7-6-12(24-17-15(19)16(22)20-10-21-17)8-14(13)23-9-11-4-2-1-3-5-11/h1-8,10H,9,19H2,(H,20,21,22). The van der Waals surface area contributed by atoms with Crippen LogP contribution in [0.15, 0.2) is 59.7 Å². The Balaban J connectivity index is 1.78. The van der Waals surface area contributed by atoms with Crippen molar-refractivity contribution in [2.24, 2.45) is 0 Å². The van der Waals surface area contributed by atoms with Gasteiger partial charge in [-0.05, 0) is 17.7 Å². The molecule has 0 aliphatic rings. The molecule has 1 heterocycles. The highest BCUT2D eigenvalue weighted by atomic mass is 35.5. The van der Waals surface area contributed by atoms with E-state index in [9.17, 15) is 4.79 Å². The number of rotatable bonds is 5. The summed E-state index contributed by atoms with van der Waals surface area (Å²) in [5.74, 6) is 0.892. The minimum Gasteiger partial charge on any atom is -0.487 e. The number of anilines is 1. The minimum absolute atomic E-state index is 0.0232. The van der Waals surface area contributed by atoms with Gasteiger partial charge in [-0.15, -0.1) is 0 Å². The molecule has 0 amide bonds. The van der Waals surface area contributed by atoms with Gasteiger partial charge in [-0.3, -0.25) is 4.79 Å². The molecule has 24 heavy (non-hydrogen) atoms. The lowest BCUT2D eigenvalue weighted by Crippen LogP contribution is -2.13. The van der Waals surface area contributed by atoms with Crippen LogP contribution >= 0.6 is 11.6 Å². The maximum absolute atomic E-state index is 11.5. The summed E-state index contributed by atoms with van der Waals surface area (Å²) in [5, 5.41) is 0.449. The average molecular weight is 344 g/mol. The molecule has 0 aliphatic heterocycles. The van der Waals surface area contributed by atoms with E-state index in [0.717, 1.165) is 5.56 Å². The summed E-state index contributed by atoms with van der Waals surface area (Å²) >= 11 is 6.15. The van der Waals surface area contributed by atoms with E-state index >= 15 is 0 Å². The molecule has 0 saturated carbocycles. The molecular weight excluding hydrogens is 330 g/mol. The molecular formula is C17H14ClN3O3. The summed E-state index contributed by atoms with van der Waals surface area (Å²) in [6, 6.07) is 14.6. The van der Waals surface area contributed by atoms with Gasteiger partial charge in [-0.25, -0.2) is 4.98 Å². The number of nitrogen functional groups attached to an aromatic ring is 1. The van der Waals surface area contributed by atoms with E-state index in [2.05, 4.69) is 9.97 Å². The third-order valence-corrected chi connectivity index (χ3v) is 3.52. The molecule has 122 valence electrons. The molecule has 0 spiro atoms. The fraction of sp³-hybridized carbons (Fsp3) is 0.0588. The Kier molecular flexibility index (Phi) is 4.67. The first kappa shape index (κ1) is 15.9. The number of nitrogens with one attached hydrogen (secondary N) is 1. The summed E-state index contributed by atoms with van der Waals surface area (Å²) in [7, 11) is 0. The second kappa shape index (κ2) is 7.06. The second-order valence-corrected chi connectivity index (χ2v) is 5.33. The SMILES string of the molecule is Nc1c(Oc2ccc(Cl)c(OCc3ccccc3)c2)nc[nH]c1=O. The first-order valence-electron chi connectivity index (χ1n) is 7.11. The highest BCUT2D eigenvalue weighted by molar-refractivity contribution is 6.32. The van der Waals surface area contributed by atoms with E-state index in [4.69, 9.17) is 26.8 Å². The van der Waals surface area contributed by atoms with Gasteiger partial charge in [0.2, 0.25) is 5.88 Å². The van der Waals surface area contributed by atoms with E-state index in [0.29, 0.717) is 23.1 Å². The van der Waals surface area contributed by atoms with E-state index in [1.165, 1.54) is 6.33 Å². The molecule has 0 atom stereocenters. The number of H-pyrrole nitrogens is 1. The lowest BCUT2D eigenvalue weighted by Gasteiger charge is -2.11. The van der Waals surface area contributed by atoms with Crippen molar-refractivity contribution in [3.05, 3.63) is 75.8 Å². The van der Waals surface area contributed by atoms with Crippen molar-refractivity contribution >= 4 is 17.3 Å². The maximum Gasteiger partial charge on any atom is 0.277 e. The molecule has 6 nitrogen and oxygen atoms in total. The highest BCUT2D eigenvalue weighted by Crippen LogP contribution is 2.32. The Labute approximate surface area is 142 Å². The summed E-state index contributed by atoms with van der Waals surface area (Å²) in [4.78, 5) is 17.7. The lowest BCUT2D eigenvalue weighted by atomic mass is 10.2. The highest BCUT2D eigenvalue weighted by Gasteiger charge is 2.10. The number of nitrogens with two attached hydrogens (primary N) is 1. The van der Waals surface area contributed by atoms with Crippen molar-refractivity contribution in [2.45, 2.75) is 6.61 Å². The number of hydrogen-bond donors (Lipinski definition) is 2. The lowest BCUT2D eigenvalue weighted by molar-refractivity contribution is 0.305. The van der Waals surface area contributed by atoms with Crippen LogP contribution in [0.4, 0.5) is 5.69 Å². The Bertz CT molecular complexity index is 897. The fourth-order valence-corrected chi connectivity index (χ4v) is 2.15. The zero-order chi connectivity index (χ0) is 16.9. The Morgan fingerprint density at radius 2 is 1.96 bits per heavy atom. The van der Waals surface area contributed by atoms with Crippen LogP contribution in [0.1, 0.15) is 5.56 Å². The summed E-state index contributed by atoms with van der Waals surface area (Å²) < 4.78 is 11.3. The van der Waals surface area contributed by atoms with Gasteiger partial charge in [0.25, 0.3) is 5.56 Å². The monoisotopic (exact) mass is 343 g/mol. The fourth-order valence-electron chi connectivity index (χ4n) is 1.98. The number of aromatic amines is 1. The summed E-state index contributed by atoms with van der Waals surface area (Å²) in [6.45, 7) is 0.370. The molecule has 7 heteroatoms. The van der Waals surface area contributed by atoms with Gasteiger partial charge in [0.1, 0.15) is 18.1 Å². The number of aromatic nitrogens is 2. The Morgan fingerprint density at radius 3 is 2.75 bits per heavy atom. The van der Waals surface area contributed by atoms with E-state index < -0.39 is 5.56 Å². The van der Waals surface area contributed by atoms with Crippen LogP contribution in [0.3, 0.4) is 0 Å². The van der Waals surface area contributed by atoms with E-state index in [1.807, 2.05) is 30.3 Å². The Hall–Kier alpha value is -2.99. The molecule has 2 aromatic carbocycles. The zero-order valence-corrected chi connectivity index (χ0v) is 13.3. The van der Waals surface area contributed by atoms with E-state index in [1.54, 1.807) is 18.2 Å². The van der Waals surface area contributed by atoms with Gasteiger partial charge in [0.05, 0.1) is 11.3 Å². The van der Waals surface area contributed by atoms with Crippen molar-refractivity contribution in [1.29, 1.82) is 0 Å². The van der Waals surface area contributed by atoms with Gasteiger partial charge in [-0.1, -0.05) is 41.9 Å². The predicted octanol–water partition coefficient (Wildman–Crippen LogP) is 3.38. The van der Waals surface area contributed by atoms with Crippen molar-refractivity contribution in [2.75, 3.05) is 5.73 Å². The molecule has 3 aromatic rings. The van der Waals surface area contributed by atoms with Crippen molar-refractivity contribution in [1.82, 2.24) is 9.97 Å². The molecule has 3 rings (SSSR count). The summed E-state index contributed by atoms with van der Waals surface area (Å²) in [6.07, 6.45) is 1.22. The van der Waals surface area contributed by atoms with Crippen LogP contribution < -0.4 is 20.8 Å². The average Bonchev–Trinajstić information content (AvgIpc) is 2.60. The Morgan fingerprint density at radius 1 is 1.17 bits per heavy atom. The van der Waals surface area contributed by atoms with Crippen LogP contribution in [-0.2, 0) is 6.61 Å². The molecule has 0 saturated heterocycles. The third-order valence-electron chi connectivity index (χ3n) is 3.21. The number of ether oxygens (including phenoxy) is 2. The number of benzene rings is 2. The number of halogens is 1. The van der Waals surface area contributed by atoms with Crippen molar-refractivity contribution < 1.29 is 9.47 Å². The summed E-state index contributed by atoms with van der Waals surface area (Å²) in [5.41, 5.74) is 6.10. The molecule has 3 N–H and O–H groups in total. The largest absolute Gasteiger partial charge is 0.487 e. The molecule has 0 fully saturated rings. The van der Waals surface area contributed by atoms with Crippen LogP contribution in [0.5, 0.6) is 17.4 Å². The molecule has 1 aromatic heterocycles. The van der Waals surface area contributed by atoms with Gasteiger partial charge >= 0.3 is 0 Å². The predicted molar refractivity (Wildman–Crippen MR) is 91.6 cm³/mol. The minimum atomic E-state index is -0.463. The smallest absolute Gasteiger partial charge is 0.277 e. The van der Waals surface area contributed by atoms with Gasteiger partial charge in [0, 0.05) is 6.07 Å². The quantitative estimate of drug-likeness (QED) is 0.741. The van der Waals surface area contributed by atoms with Crippen molar-refractivity contribution in [3.63, 3.8) is 0 Å². The van der Waals surface area contributed by atoms with Gasteiger partial charge in [0.15, 0.2) is 5.69 Å². The molecule has 0 bridgehead atoms. The van der Waals surface area contributed by atoms with Gasteiger partial charge in [-0.2, -0.15) is 0 Å². The van der Waals surface area contributed by atoms with Crippen LogP contribution in [-0.4, -0.2) is 9.97 Å². The molecule has 0 radical (unpaired) electrons. The number of hydrogen-bond acceptors (Lipinski definition) is 5. The van der Waals surface area contributed by atoms with E-state index in [-0.39, 0.29) is 11.6 Å². The van der Waals surface area contributed by atoms with Gasteiger partial charge < -0.3 is 20.2 Å².